The molecular formula is C16H19ClN2O6. The molecule has 1 aromatic heterocycles. The highest BCUT2D eigenvalue weighted by Crippen LogP contribution is 2.31. The Labute approximate surface area is 149 Å². The van der Waals surface area contributed by atoms with Crippen LogP contribution in [0.15, 0.2) is 12.3 Å². The summed E-state index contributed by atoms with van der Waals surface area (Å²) in [4.78, 5) is 38.1. The van der Waals surface area contributed by atoms with Crippen LogP contribution < -0.4 is 10.1 Å². The van der Waals surface area contributed by atoms with E-state index in [-0.39, 0.29) is 34.6 Å². The maximum absolute atomic E-state index is 11.5. The summed E-state index contributed by atoms with van der Waals surface area (Å²) in [6, 6.07) is 1.44. The minimum absolute atomic E-state index is 0.0933. The van der Waals surface area contributed by atoms with Gasteiger partial charge in [-0.1, -0.05) is 11.6 Å². The van der Waals surface area contributed by atoms with Crippen molar-refractivity contribution in [2.75, 3.05) is 19.5 Å². The van der Waals surface area contributed by atoms with E-state index in [1.807, 2.05) is 0 Å². The summed E-state index contributed by atoms with van der Waals surface area (Å²) in [5.74, 6) is -1.99. The molecule has 1 amide bonds. The molecule has 0 saturated heterocycles. The second-order valence-electron chi connectivity index (χ2n) is 5.57. The fraction of sp³-hybridized carbons (Fsp3) is 0.500. The highest BCUT2D eigenvalue weighted by molar-refractivity contribution is 6.37. The second-order valence-corrected chi connectivity index (χ2v) is 5.98. The number of hydrogen-bond donors (Lipinski definition) is 1. The van der Waals surface area contributed by atoms with Crippen LogP contribution in [0.4, 0.5) is 5.69 Å². The summed E-state index contributed by atoms with van der Waals surface area (Å²) in [7, 11) is 2.49. The van der Waals surface area contributed by atoms with E-state index in [0.29, 0.717) is 25.7 Å². The largest absolute Gasteiger partial charge is 0.473 e. The van der Waals surface area contributed by atoms with Gasteiger partial charge in [-0.05, 0) is 31.7 Å². The number of aromatic nitrogens is 1. The number of carbonyl (C=O) groups excluding carboxylic acids is 3. The number of methoxy groups -OCH3 is 2. The van der Waals surface area contributed by atoms with E-state index in [1.54, 1.807) is 0 Å². The van der Waals surface area contributed by atoms with E-state index >= 15 is 0 Å². The van der Waals surface area contributed by atoms with Crippen molar-refractivity contribution < 1.29 is 28.6 Å². The number of ether oxygens (including phenoxy) is 3. The molecule has 2 rings (SSSR count). The van der Waals surface area contributed by atoms with Crippen molar-refractivity contribution in [3.8, 4) is 5.88 Å². The van der Waals surface area contributed by atoms with Crippen molar-refractivity contribution in [3.63, 3.8) is 0 Å². The number of hydrogen-bond acceptors (Lipinski definition) is 7. The number of halogens is 1. The van der Waals surface area contributed by atoms with Crippen LogP contribution in [0.1, 0.15) is 25.7 Å². The fourth-order valence-corrected chi connectivity index (χ4v) is 2.81. The number of carbonyl (C=O) groups is 3. The van der Waals surface area contributed by atoms with Gasteiger partial charge in [0.05, 0.1) is 32.0 Å². The minimum Gasteiger partial charge on any atom is -0.473 e. The molecule has 1 N–H and O–H groups in total. The summed E-state index contributed by atoms with van der Waals surface area (Å²) in [5.41, 5.74) is 0.252. The Morgan fingerprint density at radius 3 is 2.40 bits per heavy atom. The van der Waals surface area contributed by atoms with Crippen LogP contribution in [0.25, 0.3) is 0 Å². The van der Waals surface area contributed by atoms with Crippen LogP contribution in [0.5, 0.6) is 5.88 Å². The lowest BCUT2D eigenvalue weighted by molar-refractivity contribution is -0.150. The van der Waals surface area contributed by atoms with Crippen molar-refractivity contribution in [3.05, 3.63) is 17.3 Å². The molecule has 9 heteroatoms. The number of esters is 2. The first-order chi connectivity index (χ1) is 11.9. The lowest BCUT2D eigenvalue weighted by Gasteiger charge is -2.27. The topological polar surface area (TPSA) is 104 Å². The van der Waals surface area contributed by atoms with E-state index in [4.69, 9.17) is 21.1 Å². The van der Waals surface area contributed by atoms with Crippen LogP contribution in [-0.4, -0.2) is 43.2 Å². The predicted molar refractivity (Wildman–Crippen MR) is 88.3 cm³/mol. The number of pyridine rings is 1. The summed E-state index contributed by atoms with van der Waals surface area (Å²) in [6.07, 6.45) is 3.99. The number of rotatable bonds is 4. The predicted octanol–water partition coefficient (Wildman–Crippen LogP) is 1.96. The summed E-state index contributed by atoms with van der Waals surface area (Å²) in [5, 5.41) is 2.53. The van der Waals surface area contributed by atoms with Crippen LogP contribution in [0.3, 0.4) is 0 Å². The van der Waals surface area contributed by atoms with Gasteiger partial charge in [0.2, 0.25) is 5.88 Å². The van der Waals surface area contributed by atoms with Gasteiger partial charge in [0.1, 0.15) is 11.1 Å². The molecular weight excluding hydrogens is 352 g/mol. The molecule has 0 radical (unpaired) electrons. The van der Waals surface area contributed by atoms with Crippen LogP contribution >= 0.6 is 11.6 Å². The summed E-state index contributed by atoms with van der Waals surface area (Å²) < 4.78 is 14.8. The molecule has 1 aromatic rings. The molecule has 0 unspecified atom stereocenters. The highest BCUT2D eigenvalue weighted by Gasteiger charge is 2.28. The van der Waals surface area contributed by atoms with E-state index in [9.17, 15) is 14.4 Å². The average Bonchev–Trinajstić information content (AvgIpc) is 2.63. The van der Waals surface area contributed by atoms with Gasteiger partial charge >= 0.3 is 17.8 Å². The Morgan fingerprint density at radius 2 is 1.84 bits per heavy atom. The monoisotopic (exact) mass is 370 g/mol. The van der Waals surface area contributed by atoms with Gasteiger partial charge in [-0.15, -0.1) is 0 Å². The number of nitrogens with one attached hydrogen (secondary N) is 1. The van der Waals surface area contributed by atoms with Crippen molar-refractivity contribution >= 4 is 35.1 Å². The molecule has 0 aromatic carbocycles. The van der Waals surface area contributed by atoms with E-state index < -0.39 is 11.9 Å². The minimum atomic E-state index is -1.01. The first-order valence-electron chi connectivity index (χ1n) is 7.74. The summed E-state index contributed by atoms with van der Waals surface area (Å²) in [6.45, 7) is 0. The zero-order chi connectivity index (χ0) is 18.4. The molecule has 0 atom stereocenters. The Hall–Kier alpha value is -2.35. The fourth-order valence-electron chi connectivity index (χ4n) is 2.60. The lowest BCUT2D eigenvalue weighted by Crippen LogP contribution is -2.29. The molecule has 0 bridgehead atoms. The molecule has 1 aliphatic rings. The van der Waals surface area contributed by atoms with Crippen molar-refractivity contribution in [1.82, 2.24) is 4.98 Å². The summed E-state index contributed by atoms with van der Waals surface area (Å²) >= 11 is 6.12. The van der Waals surface area contributed by atoms with Gasteiger partial charge < -0.3 is 19.5 Å². The van der Waals surface area contributed by atoms with Gasteiger partial charge in [-0.3, -0.25) is 9.59 Å². The number of anilines is 1. The molecule has 25 heavy (non-hydrogen) atoms. The Balaban J connectivity index is 1.92. The van der Waals surface area contributed by atoms with Gasteiger partial charge in [0.25, 0.3) is 0 Å². The maximum Gasteiger partial charge on any atom is 0.396 e. The first-order valence-corrected chi connectivity index (χ1v) is 8.11. The standard InChI is InChI=1S/C16H19ClN2O6/c1-23-15(21)9-3-5-11(6-4-9)25-14-12(17)7-10(8-18-14)19-13(20)16(22)24-2/h7-9,11H,3-6H2,1-2H3,(H,19,20)/t9-,11-. The normalized spacial score (nSPS) is 19.6. The van der Waals surface area contributed by atoms with E-state index in [1.165, 1.54) is 19.4 Å². The van der Waals surface area contributed by atoms with Crippen LogP contribution in [0, 0.1) is 5.92 Å². The Bertz CT molecular complexity index is 658. The number of nitrogens with zero attached hydrogens (tertiary/aromatic N) is 1. The zero-order valence-corrected chi connectivity index (χ0v) is 14.7. The maximum atomic E-state index is 11.5. The van der Waals surface area contributed by atoms with Gasteiger partial charge in [0.15, 0.2) is 0 Å². The average molecular weight is 371 g/mol. The molecule has 1 saturated carbocycles. The van der Waals surface area contributed by atoms with Crippen LogP contribution in [-0.2, 0) is 23.9 Å². The lowest BCUT2D eigenvalue weighted by atomic mass is 9.87. The van der Waals surface area contributed by atoms with E-state index in [2.05, 4.69) is 15.0 Å². The third-order valence-corrected chi connectivity index (χ3v) is 4.19. The molecule has 0 aliphatic heterocycles. The third-order valence-electron chi connectivity index (χ3n) is 3.92. The van der Waals surface area contributed by atoms with Gasteiger partial charge in [0, 0.05) is 0 Å². The van der Waals surface area contributed by atoms with Gasteiger partial charge in [-0.2, -0.15) is 0 Å². The molecule has 1 aliphatic carbocycles. The van der Waals surface area contributed by atoms with Crippen molar-refractivity contribution in [1.29, 1.82) is 0 Å². The smallest absolute Gasteiger partial charge is 0.396 e. The zero-order valence-electron chi connectivity index (χ0n) is 13.9. The number of amides is 1. The SMILES string of the molecule is COC(=O)C(=O)Nc1cnc(O[C@H]2CC[C@H](C(=O)OC)CC2)c(Cl)c1. The van der Waals surface area contributed by atoms with E-state index in [0.717, 1.165) is 7.11 Å². The molecule has 0 spiro atoms. The van der Waals surface area contributed by atoms with Crippen molar-refractivity contribution in [2.45, 2.75) is 31.8 Å². The third kappa shape index (κ3) is 5.06. The molecule has 1 fully saturated rings. The molecule has 8 nitrogen and oxygen atoms in total. The Kier molecular flexibility index (Phi) is 6.58. The van der Waals surface area contributed by atoms with Crippen molar-refractivity contribution in [2.24, 2.45) is 5.92 Å². The van der Waals surface area contributed by atoms with Crippen LogP contribution in [0.2, 0.25) is 5.02 Å². The van der Waals surface area contributed by atoms with Gasteiger partial charge in [-0.25, -0.2) is 9.78 Å². The quantitative estimate of drug-likeness (QED) is 0.638. The second kappa shape index (κ2) is 8.66. The first kappa shape index (κ1) is 19.0. The molecule has 1 heterocycles. The highest BCUT2D eigenvalue weighted by atomic mass is 35.5. The molecule has 136 valence electrons. The Morgan fingerprint density at radius 1 is 1.16 bits per heavy atom.